The number of rotatable bonds is 12. The Morgan fingerprint density at radius 3 is 2.35 bits per heavy atom. The van der Waals surface area contributed by atoms with Crippen LogP contribution in [0.3, 0.4) is 0 Å². The molecular formula is C50H59ClN8O6. The molecule has 2 aliphatic heterocycles. The van der Waals surface area contributed by atoms with Gasteiger partial charge in [-0.3, -0.25) is 14.5 Å². The second kappa shape index (κ2) is 17.1. The van der Waals surface area contributed by atoms with Gasteiger partial charge in [-0.05, 0) is 81.8 Å². The third-order valence-electron chi connectivity index (χ3n) is 14.4. The van der Waals surface area contributed by atoms with Crippen molar-refractivity contribution in [2.24, 2.45) is 17.9 Å². The highest BCUT2D eigenvalue weighted by Gasteiger charge is 2.64. The van der Waals surface area contributed by atoms with Crippen LogP contribution in [-0.4, -0.2) is 98.1 Å². The summed E-state index contributed by atoms with van der Waals surface area (Å²) in [5.41, 5.74) is 1.95. The first-order valence-corrected chi connectivity index (χ1v) is 23.1. The smallest absolute Gasteiger partial charge is 0.274 e. The standard InChI is InChI=1S/C50H59ClN8O6/c1-48(2)45(49(3,4)46(48)65-35-11-8-29(23-52)40(51)22-35)56-43(60)30-24-54-47(55-25-30)58-18-15-33(16-19-58)63-36-26-59(27-36)32-10-12-34(21-32)64-41-13-9-31(50(5,6)62)20-38(41)39-28-57(7)44(61)42-37(39)14-17-53-42/h8-9,11,13-14,17,20,22,24-25,28,32-34,36,45-46,53,62H,10,12,15-16,18-19,21,26-27H2,1-7H3,(H,56,60). The molecule has 0 spiro atoms. The molecule has 4 aliphatic rings. The number of ether oxygens (including phenoxy) is 3. The lowest BCUT2D eigenvalue weighted by molar-refractivity contribution is -0.164. The molecule has 2 saturated carbocycles. The maximum atomic E-state index is 13.5. The fraction of sp³-hybridized carbons (Fsp3) is 0.500. The van der Waals surface area contributed by atoms with E-state index in [0.29, 0.717) is 39.4 Å². The number of piperidine rings is 1. The summed E-state index contributed by atoms with van der Waals surface area (Å²) in [6, 6.07) is 15.2. The van der Waals surface area contributed by atoms with Crippen molar-refractivity contribution in [1.82, 2.24) is 29.7 Å². The maximum Gasteiger partial charge on any atom is 0.274 e. The number of aromatic amines is 1. The monoisotopic (exact) mass is 902 g/mol. The molecule has 15 heteroatoms. The number of nitriles is 1. The molecule has 1 amide bonds. The first-order valence-electron chi connectivity index (χ1n) is 22.7. The first-order chi connectivity index (χ1) is 30.9. The Morgan fingerprint density at radius 1 is 0.954 bits per heavy atom. The van der Waals surface area contributed by atoms with E-state index >= 15 is 0 Å². The number of anilines is 1. The molecule has 4 fully saturated rings. The van der Waals surface area contributed by atoms with Gasteiger partial charge in [0.25, 0.3) is 11.5 Å². The number of aliphatic hydroxyl groups is 1. The molecule has 2 atom stereocenters. The fourth-order valence-electron chi connectivity index (χ4n) is 11.0. The number of amides is 1. The molecular weight excluding hydrogens is 844 g/mol. The molecule has 5 aromatic rings. The van der Waals surface area contributed by atoms with E-state index in [9.17, 15) is 20.0 Å². The fourth-order valence-corrected chi connectivity index (χ4v) is 11.2. The average Bonchev–Trinajstić information content (AvgIpc) is 3.95. The van der Waals surface area contributed by atoms with E-state index in [2.05, 4.69) is 63.8 Å². The Bertz CT molecular complexity index is 2670. The zero-order valence-corrected chi connectivity index (χ0v) is 39.0. The van der Waals surface area contributed by atoms with Gasteiger partial charge in [0.1, 0.15) is 35.3 Å². The van der Waals surface area contributed by atoms with E-state index in [1.807, 2.05) is 30.5 Å². The minimum absolute atomic E-state index is 0.0497. The number of carbonyl (C=O) groups is 1. The molecule has 0 radical (unpaired) electrons. The summed E-state index contributed by atoms with van der Waals surface area (Å²) in [4.78, 5) is 43.3. The second-order valence-electron chi connectivity index (χ2n) is 20.2. The number of hydrogen-bond donors (Lipinski definition) is 3. The molecule has 5 heterocycles. The van der Waals surface area contributed by atoms with Gasteiger partial charge >= 0.3 is 0 Å². The summed E-state index contributed by atoms with van der Waals surface area (Å²) in [7, 11) is 1.75. The van der Waals surface area contributed by atoms with Gasteiger partial charge in [-0.1, -0.05) is 45.4 Å². The summed E-state index contributed by atoms with van der Waals surface area (Å²) in [6.07, 6.45) is 11.8. The van der Waals surface area contributed by atoms with Crippen LogP contribution in [-0.2, 0) is 17.4 Å². The number of carbonyl (C=O) groups excluding carboxylic acids is 1. The van der Waals surface area contributed by atoms with E-state index in [1.54, 1.807) is 62.3 Å². The molecule has 0 bridgehead atoms. The van der Waals surface area contributed by atoms with Gasteiger partial charge in [-0.15, -0.1) is 0 Å². The quantitative estimate of drug-likeness (QED) is 0.114. The lowest BCUT2D eigenvalue weighted by Gasteiger charge is -2.63. The molecule has 9 rings (SSSR count). The molecule has 3 aromatic heterocycles. The van der Waals surface area contributed by atoms with Crippen LogP contribution in [0.2, 0.25) is 5.02 Å². The number of nitrogens with one attached hydrogen (secondary N) is 2. The van der Waals surface area contributed by atoms with Crippen molar-refractivity contribution in [3.05, 3.63) is 99.3 Å². The normalized spacial score (nSPS) is 23.4. The minimum Gasteiger partial charge on any atom is -0.490 e. The molecule has 14 nitrogen and oxygen atoms in total. The number of pyridine rings is 1. The van der Waals surface area contributed by atoms with Gasteiger partial charge in [0.05, 0.1) is 34.0 Å². The molecule has 342 valence electrons. The second-order valence-corrected chi connectivity index (χ2v) is 20.6. The molecule has 2 aliphatic carbocycles. The van der Waals surface area contributed by atoms with E-state index in [4.69, 9.17) is 25.8 Å². The number of benzene rings is 2. The number of H-pyrrole nitrogens is 1. The maximum absolute atomic E-state index is 13.5. The van der Waals surface area contributed by atoms with Crippen molar-refractivity contribution in [1.29, 1.82) is 5.26 Å². The van der Waals surface area contributed by atoms with Crippen LogP contribution in [0.4, 0.5) is 5.95 Å². The van der Waals surface area contributed by atoms with Crippen molar-refractivity contribution in [2.75, 3.05) is 31.1 Å². The highest BCUT2D eigenvalue weighted by atomic mass is 35.5. The molecule has 65 heavy (non-hydrogen) atoms. The first kappa shape index (κ1) is 44.7. The summed E-state index contributed by atoms with van der Waals surface area (Å²) >= 11 is 6.26. The van der Waals surface area contributed by atoms with Crippen molar-refractivity contribution >= 4 is 34.4 Å². The average molecular weight is 904 g/mol. The van der Waals surface area contributed by atoms with Crippen LogP contribution in [0.5, 0.6) is 11.5 Å². The summed E-state index contributed by atoms with van der Waals surface area (Å²) < 4.78 is 21.3. The third-order valence-corrected chi connectivity index (χ3v) is 14.7. The van der Waals surface area contributed by atoms with Crippen LogP contribution in [0, 0.1) is 22.2 Å². The molecule has 2 aromatic carbocycles. The van der Waals surface area contributed by atoms with Crippen LogP contribution in [0.15, 0.2) is 72.0 Å². The third kappa shape index (κ3) is 8.60. The van der Waals surface area contributed by atoms with Gasteiger partial charge < -0.3 is 39.1 Å². The van der Waals surface area contributed by atoms with E-state index in [0.717, 1.165) is 86.1 Å². The minimum atomic E-state index is -1.04. The largest absolute Gasteiger partial charge is 0.490 e. The molecule has 2 unspecified atom stereocenters. The van der Waals surface area contributed by atoms with Crippen LogP contribution in [0.1, 0.15) is 95.1 Å². The zero-order valence-electron chi connectivity index (χ0n) is 38.2. The van der Waals surface area contributed by atoms with E-state index in [-0.39, 0.29) is 52.8 Å². The number of fused-ring (bicyclic) bond motifs is 1. The highest BCUT2D eigenvalue weighted by Crippen LogP contribution is 2.55. The summed E-state index contributed by atoms with van der Waals surface area (Å²) in [5.74, 6) is 1.72. The zero-order chi connectivity index (χ0) is 46.0. The van der Waals surface area contributed by atoms with Crippen LogP contribution >= 0.6 is 11.6 Å². The number of aryl methyl sites for hydroxylation is 1. The predicted octanol–water partition coefficient (Wildman–Crippen LogP) is 7.36. The number of hydrogen-bond acceptors (Lipinski definition) is 11. The molecule has 3 N–H and O–H groups in total. The SMILES string of the molecule is Cn1cc(-c2cc(C(C)(C)O)ccc2OC2CCC(N3CC(OC4CCN(c5ncc(C(=O)NC6C(C)(C)C(Oc7ccc(C#N)c(Cl)c7)C6(C)C)cn5)CC4)C3)C2)c2cc[nH]c2c1=O. The Balaban J connectivity index is 0.733. The van der Waals surface area contributed by atoms with Gasteiger partial charge in [0.2, 0.25) is 5.95 Å². The van der Waals surface area contributed by atoms with Gasteiger partial charge in [-0.25, -0.2) is 9.97 Å². The number of halogens is 1. The van der Waals surface area contributed by atoms with Gasteiger partial charge in [-0.2, -0.15) is 5.26 Å². The van der Waals surface area contributed by atoms with Crippen LogP contribution < -0.4 is 25.2 Å². The number of likely N-dealkylation sites (tertiary alicyclic amines) is 1. The van der Waals surface area contributed by atoms with E-state index in [1.165, 1.54) is 0 Å². The number of nitrogens with zero attached hydrogens (tertiary/aromatic N) is 6. The van der Waals surface area contributed by atoms with Gasteiger partial charge in [0.15, 0.2) is 0 Å². The molecule has 2 saturated heterocycles. The lowest BCUT2D eigenvalue weighted by atomic mass is 9.49. The van der Waals surface area contributed by atoms with Crippen molar-refractivity contribution in [3.8, 4) is 28.7 Å². The van der Waals surface area contributed by atoms with Gasteiger partial charge in [0, 0.05) is 104 Å². The lowest BCUT2D eigenvalue weighted by Crippen LogP contribution is -2.74. The van der Waals surface area contributed by atoms with E-state index < -0.39 is 5.60 Å². The Labute approximate surface area is 384 Å². The van der Waals surface area contributed by atoms with Crippen molar-refractivity contribution in [2.45, 2.75) is 116 Å². The topological polar surface area (TPSA) is 171 Å². The summed E-state index contributed by atoms with van der Waals surface area (Å²) in [6.45, 7) is 15.2. The Hall–Kier alpha value is -5.46. The number of aromatic nitrogens is 4. The highest BCUT2D eigenvalue weighted by molar-refractivity contribution is 6.31. The van der Waals surface area contributed by atoms with Crippen molar-refractivity contribution < 1.29 is 24.1 Å². The predicted molar refractivity (Wildman–Crippen MR) is 249 cm³/mol. The Kier molecular flexibility index (Phi) is 11.8. The van der Waals surface area contributed by atoms with Crippen LogP contribution in [0.25, 0.3) is 22.0 Å². The Morgan fingerprint density at radius 2 is 1.68 bits per heavy atom. The van der Waals surface area contributed by atoms with Crippen molar-refractivity contribution in [3.63, 3.8) is 0 Å². The summed E-state index contributed by atoms with van der Waals surface area (Å²) in [5, 5.41) is 24.5.